The molecule has 0 fully saturated rings. The molecule has 20 heavy (non-hydrogen) atoms. The first kappa shape index (κ1) is 15.4. The lowest BCUT2D eigenvalue weighted by molar-refractivity contribution is 0.0600. The van der Waals surface area contributed by atoms with Crippen molar-refractivity contribution in [3.63, 3.8) is 0 Å². The summed E-state index contributed by atoms with van der Waals surface area (Å²) in [5, 5.41) is 1.04. The van der Waals surface area contributed by atoms with Crippen LogP contribution in [0.3, 0.4) is 0 Å². The number of carbonyl (C=O) groups excluding carboxylic acids is 1. The topological polar surface area (TPSA) is 39.2 Å². The second-order valence-electron chi connectivity index (χ2n) is 3.77. The summed E-state index contributed by atoms with van der Waals surface area (Å²) in [6.45, 7) is 0. The van der Waals surface area contributed by atoms with E-state index in [1.54, 1.807) is 12.1 Å². The largest absolute Gasteiger partial charge is 0.465 e. The van der Waals surface area contributed by atoms with Crippen molar-refractivity contribution in [2.24, 2.45) is 0 Å². The maximum atomic E-state index is 11.6. The summed E-state index contributed by atoms with van der Waals surface area (Å²) in [6, 6.07) is 6.04. The summed E-state index contributed by atoms with van der Waals surface area (Å²) in [7, 11) is 1.27. The van der Waals surface area contributed by atoms with E-state index in [9.17, 15) is 4.79 Å². The minimum atomic E-state index is -0.537. The highest BCUT2D eigenvalue weighted by Crippen LogP contribution is 2.38. The van der Waals surface area contributed by atoms with Crippen molar-refractivity contribution in [3.8, 4) is 11.3 Å². The number of nitrogens with zero attached hydrogens (tertiary/aromatic N) is 1. The van der Waals surface area contributed by atoms with E-state index in [4.69, 9.17) is 46.4 Å². The Balaban J connectivity index is 2.68. The van der Waals surface area contributed by atoms with E-state index < -0.39 is 5.97 Å². The number of methoxy groups -OCH3 is 1. The normalized spacial score (nSPS) is 10.4. The number of hydrogen-bond donors (Lipinski definition) is 0. The molecular weight excluding hydrogens is 344 g/mol. The Morgan fingerprint density at radius 1 is 1.10 bits per heavy atom. The number of halogens is 4. The molecule has 0 aliphatic rings. The predicted octanol–water partition coefficient (Wildman–Crippen LogP) is 5.15. The second-order valence-corrected chi connectivity index (χ2v) is 5.35. The third-order valence-electron chi connectivity index (χ3n) is 2.52. The van der Waals surface area contributed by atoms with Gasteiger partial charge >= 0.3 is 5.97 Å². The molecule has 0 spiro atoms. The molecule has 7 heteroatoms. The lowest BCUT2D eigenvalue weighted by Crippen LogP contribution is -2.02. The third kappa shape index (κ3) is 3.01. The van der Waals surface area contributed by atoms with Crippen LogP contribution in [0.25, 0.3) is 11.3 Å². The molecule has 0 atom stereocenters. The lowest BCUT2D eigenvalue weighted by Gasteiger charge is -2.09. The zero-order chi connectivity index (χ0) is 14.9. The molecular formula is C13H7Cl4NO2. The van der Waals surface area contributed by atoms with Crippen LogP contribution < -0.4 is 0 Å². The van der Waals surface area contributed by atoms with Crippen LogP contribution in [0.5, 0.6) is 0 Å². The summed E-state index contributed by atoms with van der Waals surface area (Å²) < 4.78 is 4.65. The van der Waals surface area contributed by atoms with Crippen LogP contribution in [0.4, 0.5) is 0 Å². The van der Waals surface area contributed by atoms with E-state index in [1.807, 2.05) is 0 Å². The van der Waals surface area contributed by atoms with Gasteiger partial charge in [-0.3, -0.25) is 0 Å². The molecule has 0 bridgehead atoms. The van der Waals surface area contributed by atoms with Gasteiger partial charge in [0.05, 0.1) is 33.4 Å². The molecule has 0 amide bonds. The molecule has 2 rings (SSSR count). The van der Waals surface area contributed by atoms with E-state index in [0.717, 1.165) is 0 Å². The van der Waals surface area contributed by atoms with E-state index in [0.29, 0.717) is 21.3 Å². The lowest BCUT2D eigenvalue weighted by atomic mass is 10.1. The number of esters is 1. The molecule has 1 aromatic heterocycles. The first-order valence-corrected chi connectivity index (χ1v) is 6.85. The standard InChI is InChI=1S/C13H7Cl4NO2/c1-20-13(19)6-4-9(18-10(16)5-6)11-7(14)2-3-8(15)12(11)17/h2-5H,1H3. The van der Waals surface area contributed by atoms with Gasteiger partial charge in [-0.1, -0.05) is 46.4 Å². The number of hydrogen-bond acceptors (Lipinski definition) is 3. The van der Waals surface area contributed by atoms with Crippen LogP contribution in [-0.4, -0.2) is 18.1 Å². The van der Waals surface area contributed by atoms with Crippen molar-refractivity contribution in [1.29, 1.82) is 0 Å². The fraction of sp³-hybridized carbons (Fsp3) is 0.0769. The average molecular weight is 351 g/mol. The summed E-state index contributed by atoms with van der Waals surface area (Å²) in [4.78, 5) is 15.7. The number of ether oxygens (including phenoxy) is 1. The number of aromatic nitrogens is 1. The van der Waals surface area contributed by atoms with Gasteiger partial charge in [-0.25, -0.2) is 9.78 Å². The number of rotatable bonds is 2. The minimum absolute atomic E-state index is 0.120. The van der Waals surface area contributed by atoms with Gasteiger partial charge in [-0.05, 0) is 24.3 Å². The Hall–Kier alpha value is -1.000. The highest BCUT2D eigenvalue weighted by molar-refractivity contribution is 6.46. The summed E-state index contributed by atoms with van der Waals surface area (Å²) >= 11 is 24.1. The van der Waals surface area contributed by atoms with Crippen molar-refractivity contribution >= 4 is 52.4 Å². The second kappa shape index (κ2) is 6.19. The van der Waals surface area contributed by atoms with Crippen molar-refractivity contribution in [3.05, 3.63) is 50.0 Å². The number of pyridine rings is 1. The maximum Gasteiger partial charge on any atom is 0.338 e. The Morgan fingerprint density at radius 3 is 2.40 bits per heavy atom. The van der Waals surface area contributed by atoms with Crippen LogP contribution in [0.1, 0.15) is 10.4 Å². The van der Waals surface area contributed by atoms with Gasteiger partial charge < -0.3 is 4.74 Å². The first-order valence-electron chi connectivity index (χ1n) is 5.34. The van der Waals surface area contributed by atoms with E-state index in [1.165, 1.54) is 19.2 Å². The Kier molecular flexibility index (Phi) is 4.76. The molecule has 0 radical (unpaired) electrons. The fourth-order valence-corrected chi connectivity index (χ4v) is 2.55. The van der Waals surface area contributed by atoms with Crippen LogP contribution in [0.15, 0.2) is 24.3 Å². The molecule has 0 saturated carbocycles. The first-order chi connectivity index (χ1) is 9.43. The van der Waals surface area contributed by atoms with Gasteiger partial charge in [0.1, 0.15) is 5.15 Å². The van der Waals surface area contributed by atoms with Gasteiger partial charge in [-0.15, -0.1) is 0 Å². The quantitative estimate of drug-likeness (QED) is 0.427. The van der Waals surface area contributed by atoms with E-state index in [-0.39, 0.29) is 15.7 Å². The Morgan fingerprint density at radius 2 is 1.75 bits per heavy atom. The van der Waals surface area contributed by atoms with Crippen LogP contribution >= 0.6 is 46.4 Å². The average Bonchev–Trinajstić information content (AvgIpc) is 2.42. The molecule has 3 nitrogen and oxygen atoms in total. The molecule has 1 heterocycles. The fourth-order valence-electron chi connectivity index (χ4n) is 1.62. The molecule has 0 saturated heterocycles. The molecule has 0 N–H and O–H groups in total. The molecule has 104 valence electrons. The van der Waals surface area contributed by atoms with Gasteiger partial charge in [0.25, 0.3) is 0 Å². The third-order valence-corrected chi connectivity index (χ3v) is 3.83. The van der Waals surface area contributed by atoms with Crippen molar-refractivity contribution in [1.82, 2.24) is 4.98 Å². The van der Waals surface area contributed by atoms with Gasteiger partial charge in [0.15, 0.2) is 0 Å². The molecule has 0 aliphatic heterocycles. The van der Waals surface area contributed by atoms with Crippen molar-refractivity contribution < 1.29 is 9.53 Å². The van der Waals surface area contributed by atoms with E-state index >= 15 is 0 Å². The van der Waals surface area contributed by atoms with Crippen LogP contribution in [0.2, 0.25) is 20.2 Å². The zero-order valence-electron chi connectivity index (χ0n) is 10.1. The predicted molar refractivity (Wildman–Crippen MR) is 81.1 cm³/mol. The number of carbonyl (C=O) groups is 1. The SMILES string of the molecule is COC(=O)c1cc(Cl)nc(-c2c(Cl)ccc(Cl)c2Cl)c1. The molecule has 0 aliphatic carbocycles. The van der Waals surface area contributed by atoms with Gasteiger partial charge in [0.2, 0.25) is 0 Å². The van der Waals surface area contributed by atoms with Crippen molar-refractivity contribution in [2.75, 3.05) is 7.11 Å². The highest BCUT2D eigenvalue weighted by Gasteiger charge is 2.16. The summed E-state index contributed by atoms with van der Waals surface area (Å²) in [6.07, 6.45) is 0. The highest BCUT2D eigenvalue weighted by atomic mass is 35.5. The summed E-state index contributed by atoms with van der Waals surface area (Å²) in [5.41, 5.74) is 0.999. The Bertz CT molecular complexity index is 688. The molecule has 2 aromatic rings. The zero-order valence-corrected chi connectivity index (χ0v) is 13.1. The minimum Gasteiger partial charge on any atom is -0.465 e. The van der Waals surface area contributed by atoms with Gasteiger partial charge in [-0.2, -0.15) is 0 Å². The van der Waals surface area contributed by atoms with Gasteiger partial charge in [0, 0.05) is 5.56 Å². The van der Waals surface area contributed by atoms with Crippen LogP contribution in [-0.2, 0) is 4.74 Å². The monoisotopic (exact) mass is 349 g/mol. The molecule has 1 aromatic carbocycles. The number of benzene rings is 1. The summed E-state index contributed by atoms with van der Waals surface area (Å²) in [5.74, 6) is -0.537. The van der Waals surface area contributed by atoms with Crippen LogP contribution in [0, 0.1) is 0 Å². The maximum absolute atomic E-state index is 11.6. The molecule has 0 unspecified atom stereocenters. The van der Waals surface area contributed by atoms with E-state index in [2.05, 4.69) is 9.72 Å². The van der Waals surface area contributed by atoms with Crippen molar-refractivity contribution in [2.45, 2.75) is 0 Å². The Labute approximate surface area is 135 Å². The smallest absolute Gasteiger partial charge is 0.338 e.